The second-order valence-corrected chi connectivity index (χ2v) is 3.04. The molecule has 1 aromatic heterocycles. The molecule has 0 aliphatic heterocycles. The maximum Gasteiger partial charge on any atom is 0.347 e. The standard InChI is InChI=1S/C9H7N3O4/c13-5-1-2-7(6(3-5)8(14)15)12-4-10-11-9(12)16/h1-4,13H,(H,11,16)(H,14,15). The average molecular weight is 221 g/mol. The molecular weight excluding hydrogens is 214 g/mol. The quantitative estimate of drug-likeness (QED) is 0.659. The molecule has 82 valence electrons. The number of phenols is 1. The molecule has 16 heavy (non-hydrogen) atoms. The molecule has 1 heterocycles. The molecule has 7 nitrogen and oxygen atoms in total. The van der Waals surface area contributed by atoms with Gasteiger partial charge < -0.3 is 10.2 Å². The van der Waals surface area contributed by atoms with E-state index >= 15 is 0 Å². The van der Waals surface area contributed by atoms with Gasteiger partial charge in [0.15, 0.2) is 0 Å². The number of nitrogens with one attached hydrogen (secondary N) is 1. The lowest BCUT2D eigenvalue weighted by atomic mass is 10.1. The molecule has 2 rings (SSSR count). The highest BCUT2D eigenvalue weighted by Gasteiger charge is 2.14. The molecule has 0 amide bonds. The van der Waals surface area contributed by atoms with Crippen LogP contribution < -0.4 is 5.69 Å². The van der Waals surface area contributed by atoms with Crippen LogP contribution in [-0.4, -0.2) is 30.9 Å². The fraction of sp³-hybridized carbons (Fsp3) is 0. The van der Waals surface area contributed by atoms with E-state index in [0.29, 0.717) is 0 Å². The molecule has 0 saturated heterocycles. The van der Waals surface area contributed by atoms with E-state index in [2.05, 4.69) is 10.2 Å². The number of aromatic amines is 1. The minimum atomic E-state index is -1.24. The third kappa shape index (κ3) is 1.54. The highest BCUT2D eigenvalue weighted by molar-refractivity contribution is 5.92. The molecule has 0 aliphatic carbocycles. The Labute approximate surface area is 88.6 Å². The first-order valence-electron chi connectivity index (χ1n) is 4.28. The molecule has 3 N–H and O–H groups in total. The number of hydrogen-bond acceptors (Lipinski definition) is 4. The van der Waals surface area contributed by atoms with Crippen molar-refractivity contribution in [1.82, 2.24) is 14.8 Å². The van der Waals surface area contributed by atoms with Crippen molar-refractivity contribution in [2.45, 2.75) is 0 Å². The summed E-state index contributed by atoms with van der Waals surface area (Å²) in [5.41, 5.74) is -0.583. The fourth-order valence-electron chi connectivity index (χ4n) is 1.33. The first-order chi connectivity index (χ1) is 7.59. The van der Waals surface area contributed by atoms with Crippen molar-refractivity contribution in [2.75, 3.05) is 0 Å². The third-order valence-corrected chi connectivity index (χ3v) is 2.02. The van der Waals surface area contributed by atoms with Crippen LogP contribution in [-0.2, 0) is 0 Å². The lowest BCUT2D eigenvalue weighted by molar-refractivity contribution is 0.0696. The molecule has 1 aromatic carbocycles. The monoisotopic (exact) mass is 221 g/mol. The van der Waals surface area contributed by atoms with Gasteiger partial charge in [0.05, 0.1) is 11.3 Å². The van der Waals surface area contributed by atoms with Crippen LogP contribution in [0.5, 0.6) is 5.75 Å². The number of aromatic nitrogens is 3. The van der Waals surface area contributed by atoms with E-state index in [4.69, 9.17) is 5.11 Å². The Kier molecular flexibility index (Phi) is 2.20. The number of benzene rings is 1. The van der Waals surface area contributed by atoms with Gasteiger partial charge in [-0.15, -0.1) is 0 Å². The smallest absolute Gasteiger partial charge is 0.347 e. The number of aromatic carboxylic acids is 1. The molecule has 0 atom stereocenters. The predicted octanol–water partition coefficient (Wildman–Crippen LogP) is -0.0356. The summed E-state index contributed by atoms with van der Waals surface area (Å²) >= 11 is 0. The Balaban J connectivity index is 2.70. The van der Waals surface area contributed by atoms with Crippen molar-refractivity contribution < 1.29 is 15.0 Å². The van der Waals surface area contributed by atoms with E-state index in [9.17, 15) is 14.7 Å². The molecule has 2 aromatic rings. The van der Waals surface area contributed by atoms with Crippen molar-refractivity contribution in [3.05, 3.63) is 40.6 Å². The van der Waals surface area contributed by atoms with Crippen molar-refractivity contribution in [3.63, 3.8) is 0 Å². The predicted molar refractivity (Wildman–Crippen MR) is 52.8 cm³/mol. The Morgan fingerprint density at radius 3 is 2.75 bits per heavy atom. The van der Waals surface area contributed by atoms with Crippen LogP contribution in [0.2, 0.25) is 0 Å². The molecular formula is C9H7N3O4. The van der Waals surface area contributed by atoms with Crippen molar-refractivity contribution in [3.8, 4) is 11.4 Å². The van der Waals surface area contributed by atoms with E-state index in [1.54, 1.807) is 0 Å². The van der Waals surface area contributed by atoms with E-state index in [1.807, 2.05) is 0 Å². The van der Waals surface area contributed by atoms with E-state index in [1.165, 1.54) is 18.5 Å². The van der Waals surface area contributed by atoms with Crippen LogP contribution in [0.4, 0.5) is 0 Å². The van der Waals surface area contributed by atoms with Crippen LogP contribution in [0.3, 0.4) is 0 Å². The Bertz CT molecular complexity index is 599. The highest BCUT2D eigenvalue weighted by atomic mass is 16.4. The van der Waals surface area contributed by atoms with E-state index in [-0.39, 0.29) is 17.0 Å². The Hall–Kier alpha value is -2.57. The summed E-state index contributed by atoms with van der Waals surface area (Å²) in [5, 5.41) is 23.7. The minimum absolute atomic E-state index is 0.143. The summed E-state index contributed by atoms with van der Waals surface area (Å²) in [5.74, 6) is -1.42. The van der Waals surface area contributed by atoms with Gasteiger partial charge in [0.1, 0.15) is 12.1 Å². The van der Waals surface area contributed by atoms with Crippen molar-refractivity contribution in [1.29, 1.82) is 0 Å². The summed E-state index contributed by atoms with van der Waals surface area (Å²) in [7, 11) is 0. The Morgan fingerprint density at radius 1 is 1.44 bits per heavy atom. The first-order valence-corrected chi connectivity index (χ1v) is 4.28. The molecule has 0 saturated carbocycles. The maximum atomic E-state index is 11.3. The number of rotatable bonds is 2. The minimum Gasteiger partial charge on any atom is -0.508 e. The topological polar surface area (TPSA) is 108 Å². The summed E-state index contributed by atoms with van der Waals surface area (Å²) in [4.78, 5) is 22.2. The number of carboxylic acid groups (broad SMARTS) is 1. The largest absolute Gasteiger partial charge is 0.508 e. The molecule has 7 heteroatoms. The van der Waals surface area contributed by atoms with Gasteiger partial charge in [-0.05, 0) is 18.2 Å². The number of carboxylic acids is 1. The van der Waals surface area contributed by atoms with Gasteiger partial charge in [0, 0.05) is 0 Å². The SMILES string of the molecule is O=C(O)c1cc(O)ccc1-n1cn[nH]c1=O. The van der Waals surface area contributed by atoms with Crippen LogP contribution >= 0.6 is 0 Å². The van der Waals surface area contributed by atoms with Crippen molar-refractivity contribution >= 4 is 5.97 Å². The lowest BCUT2D eigenvalue weighted by Crippen LogP contribution is -2.17. The van der Waals surface area contributed by atoms with Gasteiger partial charge in [0.2, 0.25) is 0 Å². The second kappa shape index (κ2) is 3.54. The maximum absolute atomic E-state index is 11.3. The number of aromatic hydroxyl groups is 1. The van der Waals surface area contributed by atoms with Gasteiger partial charge >= 0.3 is 11.7 Å². The number of hydrogen-bond donors (Lipinski definition) is 3. The normalized spacial score (nSPS) is 10.2. The van der Waals surface area contributed by atoms with Crippen LogP contribution in [0.1, 0.15) is 10.4 Å². The molecule has 0 unspecified atom stereocenters. The summed E-state index contributed by atoms with van der Waals surface area (Å²) in [6.07, 6.45) is 1.17. The Morgan fingerprint density at radius 2 is 2.19 bits per heavy atom. The van der Waals surface area contributed by atoms with E-state index < -0.39 is 11.7 Å². The zero-order chi connectivity index (χ0) is 11.7. The summed E-state index contributed by atoms with van der Waals surface area (Å²) < 4.78 is 1.04. The summed E-state index contributed by atoms with van der Waals surface area (Å²) in [6.45, 7) is 0. The van der Waals surface area contributed by atoms with Gasteiger partial charge in [-0.1, -0.05) is 0 Å². The van der Waals surface area contributed by atoms with Crippen LogP contribution in [0, 0.1) is 0 Å². The zero-order valence-electron chi connectivity index (χ0n) is 7.91. The third-order valence-electron chi connectivity index (χ3n) is 2.02. The zero-order valence-corrected chi connectivity index (χ0v) is 7.91. The van der Waals surface area contributed by atoms with Crippen molar-refractivity contribution in [2.24, 2.45) is 0 Å². The number of carbonyl (C=O) groups is 1. The van der Waals surface area contributed by atoms with E-state index in [0.717, 1.165) is 10.6 Å². The fourth-order valence-corrected chi connectivity index (χ4v) is 1.33. The highest BCUT2D eigenvalue weighted by Crippen LogP contribution is 2.18. The molecule has 0 bridgehead atoms. The van der Waals surface area contributed by atoms with Gasteiger partial charge in [-0.2, -0.15) is 5.10 Å². The van der Waals surface area contributed by atoms with Crippen LogP contribution in [0.15, 0.2) is 29.3 Å². The average Bonchev–Trinajstić information content (AvgIpc) is 2.64. The number of H-pyrrole nitrogens is 1. The lowest BCUT2D eigenvalue weighted by Gasteiger charge is -2.05. The van der Waals surface area contributed by atoms with Gasteiger partial charge in [-0.25, -0.2) is 19.3 Å². The second-order valence-electron chi connectivity index (χ2n) is 3.04. The van der Waals surface area contributed by atoms with Gasteiger partial charge in [-0.3, -0.25) is 0 Å². The number of nitrogens with zero attached hydrogens (tertiary/aromatic N) is 2. The molecule has 0 spiro atoms. The molecule has 0 fully saturated rings. The van der Waals surface area contributed by atoms with Crippen LogP contribution in [0.25, 0.3) is 5.69 Å². The molecule has 0 radical (unpaired) electrons. The first kappa shape index (κ1) is 9.97. The van der Waals surface area contributed by atoms with Gasteiger partial charge in [0.25, 0.3) is 0 Å². The molecule has 0 aliphatic rings. The number of phenolic OH excluding ortho intramolecular Hbond substituents is 1. The summed E-state index contributed by atoms with van der Waals surface area (Å²) in [6, 6.07) is 3.69.